The molecule has 174 valence electrons. The lowest BCUT2D eigenvalue weighted by Crippen LogP contribution is -2.49. The van der Waals surface area contributed by atoms with Gasteiger partial charge in [0, 0.05) is 44.8 Å². The van der Waals surface area contributed by atoms with Crippen LogP contribution in [0.5, 0.6) is 0 Å². The Kier molecular flexibility index (Phi) is 6.96. The highest BCUT2D eigenvalue weighted by Crippen LogP contribution is 2.24. The lowest BCUT2D eigenvalue weighted by molar-refractivity contribution is -0.131. The Labute approximate surface area is 193 Å². The number of piperazine rings is 1. The fourth-order valence-corrected chi connectivity index (χ4v) is 4.56. The number of aromatic nitrogens is 2. The minimum absolute atomic E-state index is 0.191. The number of unbranched alkanes of at least 4 members (excludes halogenated alkanes) is 2. The highest BCUT2D eigenvalue weighted by Gasteiger charge is 2.22. The van der Waals surface area contributed by atoms with Gasteiger partial charge in [-0.2, -0.15) is 0 Å². The second-order valence-corrected chi connectivity index (χ2v) is 8.83. The zero-order valence-electron chi connectivity index (χ0n) is 19.5. The average Bonchev–Trinajstić information content (AvgIpc) is 2.82. The Bertz CT molecular complexity index is 1250. The molecule has 0 aliphatic carbocycles. The average molecular weight is 449 g/mol. The first kappa shape index (κ1) is 22.8. The minimum Gasteiger partial charge on any atom is -0.368 e. The molecule has 1 N–H and O–H groups in total. The Morgan fingerprint density at radius 3 is 2.45 bits per heavy atom. The molecule has 4 rings (SSSR count). The van der Waals surface area contributed by atoms with E-state index in [-0.39, 0.29) is 17.2 Å². The van der Waals surface area contributed by atoms with Crippen molar-refractivity contribution >= 4 is 22.5 Å². The molecule has 0 spiro atoms. The third kappa shape index (κ3) is 5.02. The molecule has 0 bridgehead atoms. The maximum absolute atomic E-state index is 12.6. The first-order chi connectivity index (χ1) is 16.0. The SMILES string of the molecule is Cc1cccc(N2CCN(C(=O)CCCCCn3c(=O)[nH]c4ccccc4c3=O)CC2)c1C. The number of nitrogens with zero attached hydrogens (tertiary/aromatic N) is 3. The molecule has 1 saturated heterocycles. The number of aryl methyl sites for hydroxylation is 1. The number of fused-ring (bicyclic) bond motifs is 1. The molecule has 7 nitrogen and oxygen atoms in total. The molecule has 0 radical (unpaired) electrons. The van der Waals surface area contributed by atoms with Crippen LogP contribution in [0.3, 0.4) is 0 Å². The van der Waals surface area contributed by atoms with E-state index in [1.54, 1.807) is 24.3 Å². The van der Waals surface area contributed by atoms with E-state index >= 15 is 0 Å². The molecule has 7 heteroatoms. The van der Waals surface area contributed by atoms with Crippen LogP contribution in [0, 0.1) is 13.8 Å². The summed E-state index contributed by atoms with van der Waals surface area (Å²) in [6, 6.07) is 13.4. The summed E-state index contributed by atoms with van der Waals surface area (Å²) in [6.07, 6.45) is 2.75. The molecule has 2 heterocycles. The van der Waals surface area contributed by atoms with Gasteiger partial charge in [-0.05, 0) is 56.0 Å². The largest absolute Gasteiger partial charge is 0.368 e. The predicted molar refractivity (Wildman–Crippen MR) is 132 cm³/mol. The second kappa shape index (κ2) is 10.1. The first-order valence-corrected chi connectivity index (χ1v) is 11.8. The Hall–Kier alpha value is -3.35. The molecule has 33 heavy (non-hydrogen) atoms. The van der Waals surface area contributed by atoms with Crippen LogP contribution in [0.25, 0.3) is 10.9 Å². The van der Waals surface area contributed by atoms with Crippen LogP contribution in [-0.4, -0.2) is 46.5 Å². The lowest BCUT2D eigenvalue weighted by Gasteiger charge is -2.37. The monoisotopic (exact) mass is 448 g/mol. The second-order valence-electron chi connectivity index (χ2n) is 8.83. The van der Waals surface area contributed by atoms with Crippen LogP contribution >= 0.6 is 0 Å². The number of para-hydroxylation sites is 1. The van der Waals surface area contributed by atoms with E-state index in [1.807, 2.05) is 4.90 Å². The molecular formula is C26H32N4O3. The summed E-state index contributed by atoms with van der Waals surface area (Å²) in [5, 5.41) is 0.521. The summed E-state index contributed by atoms with van der Waals surface area (Å²) < 4.78 is 1.26. The zero-order valence-corrected chi connectivity index (χ0v) is 19.5. The molecule has 1 aliphatic heterocycles. The van der Waals surface area contributed by atoms with Crippen molar-refractivity contribution in [1.82, 2.24) is 14.5 Å². The van der Waals surface area contributed by atoms with Crippen molar-refractivity contribution in [1.29, 1.82) is 0 Å². The Balaban J connectivity index is 1.22. The van der Waals surface area contributed by atoms with E-state index in [9.17, 15) is 14.4 Å². The number of rotatable bonds is 7. The standard InChI is InChI=1S/C26H32N4O3/c1-19-9-8-12-23(20(19)2)28-15-17-29(18-16-28)24(31)13-4-3-7-14-30-25(32)21-10-5-6-11-22(21)27-26(30)33/h5-6,8-12H,3-4,7,13-18H2,1-2H3,(H,27,33). The van der Waals surface area contributed by atoms with Gasteiger partial charge in [-0.3, -0.25) is 14.2 Å². The number of benzene rings is 2. The van der Waals surface area contributed by atoms with Gasteiger partial charge < -0.3 is 14.8 Å². The number of anilines is 1. The van der Waals surface area contributed by atoms with Crippen molar-refractivity contribution in [3.8, 4) is 0 Å². The Morgan fingerprint density at radius 2 is 1.67 bits per heavy atom. The normalized spacial score (nSPS) is 14.1. The van der Waals surface area contributed by atoms with Crippen molar-refractivity contribution in [2.45, 2.75) is 46.1 Å². The summed E-state index contributed by atoms with van der Waals surface area (Å²) >= 11 is 0. The summed E-state index contributed by atoms with van der Waals surface area (Å²) in [6.45, 7) is 7.84. The third-order valence-electron chi connectivity index (χ3n) is 6.71. The maximum Gasteiger partial charge on any atom is 0.328 e. The fraction of sp³-hybridized carbons (Fsp3) is 0.423. The summed E-state index contributed by atoms with van der Waals surface area (Å²) in [5.41, 5.74) is 3.79. The minimum atomic E-state index is -0.378. The number of aromatic amines is 1. The van der Waals surface area contributed by atoms with Crippen molar-refractivity contribution < 1.29 is 4.79 Å². The third-order valence-corrected chi connectivity index (χ3v) is 6.71. The van der Waals surface area contributed by atoms with Crippen LogP contribution in [0.4, 0.5) is 5.69 Å². The number of carbonyl (C=O) groups excluding carboxylic acids is 1. The van der Waals surface area contributed by atoms with Gasteiger partial charge in [0.2, 0.25) is 5.91 Å². The van der Waals surface area contributed by atoms with Gasteiger partial charge in [-0.1, -0.05) is 30.7 Å². The van der Waals surface area contributed by atoms with Gasteiger partial charge in [0.15, 0.2) is 0 Å². The number of amides is 1. The van der Waals surface area contributed by atoms with E-state index < -0.39 is 0 Å². The van der Waals surface area contributed by atoms with Crippen LogP contribution in [0.2, 0.25) is 0 Å². The molecule has 2 aromatic carbocycles. The van der Waals surface area contributed by atoms with Gasteiger partial charge in [0.1, 0.15) is 0 Å². The van der Waals surface area contributed by atoms with Crippen LogP contribution in [0.1, 0.15) is 36.8 Å². The van der Waals surface area contributed by atoms with Crippen LogP contribution in [-0.2, 0) is 11.3 Å². The smallest absolute Gasteiger partial charge is 0.328 e. The molecular weight excluding hydrogens is 416 g/mol. The van der Waals surface area contributed by atoms with Crippen molar-refractivity contribution in [3.05, 3.63) is 74.4 Å². The zero-order chi connectivity index (χ0) is 23.4. The van der Waals surface area contributed by atoms with E-state index in [4.69, 9.17) is 0 Å². The number of hydrogen-bond acceptors (Lipinski definition) is 4. The lowest BCUT2D eigenvalue weighted by atomic mass is 10.1. The first-order valence-electron chi connectivity index (χ1n) is 11.8. The molecule has 0 unspecified atom stereocenters. The van der Waals surface area contributed by atoms with Crippen molar-refractivity contribution in [2.24, 2.45) is 0 Å². The number of hydrogen-bond donors (Lipinski definition) is 1. The van der Waals surface area contributed by atoms with Crippen molar-refractivity contribution in [2.75, 3.05) is 31.1 Å². The predicted octanol–water partition coefficient (Wildman–Crippen LogP) is 3.22. The summed E-state index contributed by atoms with van der Waals surface area (Å²) in [5.74, 6) is 0.191. The van der Waals surface area contributed by atoms with Gasteiger partial charge in [-0.25, -0.2) is 4.79 Å². The van der Waals surface area contributed by atoms with Gasteiger partial charge in [0.05, 0.1) is 10.9 Å². The van der Waals surface area contributed by atoms with E-state index in [1.165, 1.54) is 21.4 Å². The van der Waals surface area contributed by atoms with Gasteiger partial charge in [-0.15, -0.1) is 0 Å². The van der Waals surface area contributed by atoms with E-state index in [2.05, 4.69) is 41.9 Å². The number of H-pyrrole nitrogens is 1. The van der Waals surface area contributed by atoms with Crippen LogP contribution < -0.4 is 16.1 Å². The molecule has 0 saturated carbocycles. The molecule has 1 fully saturated rings. The Morgan fingerprint density at radius 1 is 0.909 bits per heavy atom. The number of nitrogens with one attached hydrogen (secondary N) is 1. The molecule has 1 aromatic heterocycles. The highest BCUT2D eigenvalue weighted by atomic mass is 16.2. The maximum atomic E-state index is 12.6. The number of carbonyl (C=O) groups is 1. The van der Waals surface area contributed by atoms with Gasteiger partial charge >= 0.3 is 5.69 Å². The van der Waals surface area contributed by atoms with Crippen LogP contribution in [0.15, 0.2) is 52.1 Å². The van der Waals surface area contributed by atoms with Crippen molar-refractivity contribution in [3.63, 3.8) is 0 Å². The van der Waals surface area contributed by atoms with Gasteiger partial charge in [0.25, 0.3) is 5.56 Å². The van der Waals surface area contributed by atoms with E-state index in [0.717, 1.165) is 39.0 Å². The highest BCUT2D eigenvalue weighted by molar-refractivity contribution is 5.77. The molecule has 1 amide bonds. The molecule has 1 aliphatic rings. The molecule has 0 atom stereocenters. The summed E-state index contributed by atoms with van der Waals surface area (Å²) in [4.78, 5) is 44.6. The summed E-state index contributed by atoms with van der Waals surface area (Å²) in [7, 11) is 0. The molecule has 3 aromatic rings. The fourth-order valence-electron chi connectivity index (χ4n) is 4.56. The van der Waals surface area contributed by atoms with E-state index in [0.29, 0.717) is 30.3 Å². The quantitative estimate of drug-likeness (QED) is 0.563. The topological polar surface area (TPSA) is 78.4 Å².